The first-order valence-corrected chi connectivity index (χ1v) is 7.79. The molecule has 0 fully saturated rings. The maximum Gasteiger partial charge on any atom is 0.417 e. The molecule has 1 heterocycles. The van der Waals surface area contributed by atoms with E-state index in [-0.39, 0.29) is 11.1 Å². The van der Waals surface area contributed by atoms with Crippen LogP contribution >= 0.6 is 7.60 Å². The predicted molar refractivity (Wildman–Crippen MR) is 73.2 cm³/mol. The molecule has 0 atom stereocenters. The highest BCUT2D eigenvalue weighted by Crippen LogP contribution is 2.37. The number of nitrogens with zero attached hydrogens (tertiary/aromatic N) is 1. The van der Waals surface area contributed by atoms with E-state index in [9.17, 15) is 22.5 Å². The van der Waals surface area contributed by atoms with E-state index >= 15 is 0 Å². The van der Waals surface area contributed by atoms with E-state index in [2.05, 4.69) is 0 Å². The highest BCUT2D eigenvalue weighted by atomic mass is 31.2. The Morgan fingerprint density at radius 2 is 1.77 bits per heavy atom. The predicted octanol–water partition coefficient (Wildman–Crippen LogP) is 2.67. The van der Waals surface area contributed by atoms with E-state index in [4.69, 9.17) is 9.79 Å². The average Bonchev–Trinajstić information content (AvgIpc) is 2.39. The molecule has 0 aliphatic rings. The van der Waals surface area contributed by atoms with Gasteiger partial charge in [-0.05, 0) is 23.3 Å². The maximum atomic E-state index is 12.9. The van der Waals surface area contributed by atoms with Crippen molar-refractivity contribution >= 4 is 7.60 Å². The van der Waals surface area contributed by atoms with Crippen LogP contribution in [0.4, 0.5) is 13.2 Å². The first kappa shape index (κ1) is 16.5. The molecule has 0 radical (unpaired) electrons. The summed E-state index contributed by atoms with van der Waals surface area (Å²) in [6.07, 6.45) is -4.34. The average molecular weight is 333 g/mol. The van der Waals surface area contributed by atoms with E-state index < -0.39 is 31.2 Å². The lowest BCUT2D eigenvalue weighted by Gasteiger charge is -2.13. The molecule has 2 rings (SSSR count). The lowest BCUT2D eigenvalue weighted by molar-refractivity contribution is -0.137. The van der Waals surface area contributed by atoms with Crippen molar-refractivity contribution in [1.82, 2.24) is 4.57 Å². The molecule has 22 heavy (non-hydrogen) atoms. The van der Waals surface area contributed by atoms with Crippen LogP contribution in [0, 0.1) is 0 Å². The van der Waals surface area contributed by atoms with Crippen LogP contribution in [0.1, 0.15) is 5.56 Å². The Hall–Kier alpha value is -1.89. The fourth-order valence-corrected chi connectivity index (χ4v) is 2.60. The molecule has 5 nitrogen and oxygen atoms in total. The van der Waals surface area contributed by atoms with Gasteiger partial charge >= 0.3 is 13.8 Å². The summed E-state index contributed by atoms with van der Waals surface area (Å²) in [4.78, 5) is 29.5. The molecule has 0 saturated heterocycles. The summed E-state index contributed by atoms with van der Waals surface area (Å²) in [7, 11) is -4.45. The van der Waals surface area contributed by atoms with Crippen LogP contribution in [0.3, 0.4) is 0 Å². The minimum atomic E-state index is -4.57. The standard InChI is InChI=1S/C13H11F3NO4P/c14-13(15,16)11-4-2-1-3-10(11)9-5-6-17(12(18)7-9)8-22(19,20)21/h1-7H,8H2,(H2,19,20,21). The third-order valence-corrected chi connectivity index (χ3v) is 3.55. The van der Waals surface area contributed by atoms with Crippen LogP contribution in [0.5, 0.6) is 0 Å². The molecule has 0 saturated carbocycles. The second-order valence-electron chi connectivity index (χ2n) is 4.57. The van der Waals surface area contributed by atoms with Crippen LogP contribution in [0.2, 0.25) is 0 Å². The number of hydrogen-bond donors (Lipinski definition) is 2. The maximum absolute atomic E-state index is 12.9. The molecule has 118 valence electrons. The van der Waals surface area contributed by atoms with Gasteiger partial charge in [-0.2, -0.15) is 13.2 Å². The Labute approximate surface area is 122 Å². The number of pyridine rings is 1. The molecular weight excluding hydrogens is 322 g/mol. The van der Waals surface area contributed by atoms with E-state index in [1.54, 1.807) is 0 Å². The quantitative estimate of drug-likeness (QED) is 0.847. The van der Waals surface area contributed by atoms with Gasteiger partial charge in [-0.25, -0.2) is 0 Å². The zero-order valence-electron chi connectivity index (χ0n) is 11.0. The molecule has 1 aromatic carbocycles. The van der Waals surface area contributed by atoms with Gasteiger partial charge in [-0.1, -0.05) is 18.2 Å². The molecule has 0 aliphatic heterocycles. The molecule has 0 unspecified atom stereocenters. The number of hydrogen-bond acceptors (Lipinski definition) is 2. The summed E-state index contributed by atoms with van der Waals surface area (Å²) in [6.45, 7) is 0. The number of alkyl halides is 3. The number of halogens is 3. The van der Waals surface area contributed by atoms with Crippen molar-refractivity contribution in [2.45, 2.75) is 12.5 Å². The molecule has 0 amide bonds. The summed E-state index contributed by atoms with van der Waals surface area (Å²) >= 11 is 0. The molecule has 2 aromatic rings. The van der Waals surface area contributed by atoms with Crippen LogP contribution in [0.15, 0.2) is 47.4 Å². The van der Waals surface area contributed by atoms with Crippen molar-refractivity contribution < 1.29 is 27.5 Å². The minimum absolute atomic E-state index is 0.0277. The monoisotopic (exact) mass is 333 g/mol. The molecule has 1 aromatic heterocycles. The van der Waals surface area contributed by atoms with Crippen molar-refractivity contribution in [2.24, 2.45) is 0 Å². The van der Waals surface area contributed by atoms with Crippen LogP contribution in [-0.4, -0.2) is 14.4 Å². The molecular formula is C13H11F3NO4P. The second-order valence-corrected chi connectivity index (χ2v) is 6.19. The van der Waals surface area contributed by atoms with Gasteiger partial charge in [0.25, 0.3) is 5.56 Å². The van der Waals surface area contributed by atoms with Gasteiger partial charge in [0.05, 0.1) is 5.56 Å². The van der Waals surface area contributed by atoms with Gasteiger partial charge in [-0.15, -0.1) is 0 Å². The fraction of sp³-hybridized carbons (Fsp3) is 0.154. The zero-order valence-corrected chi connectivity index (χ0v) is 11.9. The number of aromatic nitrogens is 1. The Kier molecular flexibility index (Phi) is 4.28. The first-order valence-electron chi connectivity index (χ1n) is 5.99. The Bertz CT molecular complexity index is 794. The van der Waals surface area contributed by atoms with E-state index in [1.807, 2.05) is 0 Å². The summed E-state index contributed by atoms with van der Waals surface area (Å²) in [5.74, 6) is 0. The normalized spacial score (nSPS) is 12.4. The molecule has 0 spiro atoms. The number of rotatable bonds is 3. The van der Waals surface area contributed by atoms with Crippen LogP contribution in [-0.2, 0) is 17.0 Å². The van der Waals surface area contributed by atoms with Crippen LogP contribution in [0.25, 0.3) is 11.1 Å². The van der Waals surface area contributed by atoms with Gasteiger partial charge in [0.2, 0.25) is 0 Å². The van der Waals surface area contributed by atoms with Gasteiger partial charge in [0.1, 0.15) is 6.29 Å². The first-order chi connectivity index (χ1) is 10.1. The van der Waals surface area contributed by atoms with E-state index in [0.717, 1.165) is 22.9 Å². The smallest absolute Gasteiger partial charge is 0.323 e. The summed E-state index contributed by atoms with van der Waals surface area (Å²) in [5, 5.41) is 0. The lowest BCUT2D eigenvalue weighted by atomic mass is 10.0. The zero-order chi connectivity index (χ0) is 16.5. The van der Waals surface area contributed by atoms with Crippen molar-refractivity contribution in [3.8, 4) is 11.1 Å². The number of benzene rings is 1. The van der Waals surface area contributed by atoms with Crippen molar-refractivity contribution in [3.05, 3.63) is 58.5 Å². The Morgan fingerprint density at radius 1 is 1.14 bits per heavy atom. The Balaban J connectivity index is 2.51. The van der Waals surface area contributed by atoms with E-state index in [0.29, 0.717) is 0 Å². The summed E-state index contributed by atoms with van der Waals surface area (Å²) < 4.78 is 50.5. The van der Waals surface area contributed by atoms with Crippen molar-refractivity contribution in [3.63, 3.8) is 0 Å². The highest BCUT2D eigenvalue weighted by molar-refractivity contribution is 7.50. The molecule has 0 aliphatic carbocycles. The van der Waals surface area contributed by atoms with Crippen molar-refractivity contribution in [2.75, 3.05) is 0 Å². The Morgan fingerprint density at radius 3 is 2.32 bits per heavy atom. The third kappa shape index (κ3) is 3.85. The minimum Gasteiger partial charge on any atom is -0.323 e. The third-order valence-electron chi connectivity index (χ3n) is 2.88. The second kappa shape index (κ2) is 5.72. The van der Waals surface area contributed by atoms with E-state index in [1.165, 1.54) is 24.3 Å². The van der Waals surface area contributed by atoms with Crippen molar-refractivity contribution in [1.29, 1.82) is 0 Å². The largest absolute Gasteiger partial charge is 0.417 e. The SMILES string of the molecule is O=c1cc(-c2ccccc2C(F)(F)F)ccn1CP(=O)(O)O. The van der Waals surface area contributed by atoms with Crippen LogP contribution < -0.4 is 5.56 Å². The molecule has 9 heteroatoms. The molecule has 0 bridgehead atoms. The summed E-state index contributed by atoms with van der Waals surface area (Å²) in [5.41, 5.74) is -1.82. The fourth-order valence-electron chi connectivity index (χ4n) is 1.97. The molecule has 2 N–H and O–H groups in total. The topological polar surface area (TPSA) is 79.5 Å². The van der Waals surface area contributed by atoms with Gasteiger partial charge in [0, 0.05) is 12.3 Å². The lowest BCUT2D eigenvalue weighted by Crippen LogP contribution is -2.19. The van der Waals surface area contributed by atoms with Gasteiger partial charge in [-0.3, -0.25) is 9.36 Å². The van der Waals surface area contributed by atoms with Gasteiger partial charge < -0.3 is 14.4 Å². The van der Waals surface area contributed by atoms with Gasteiger partial charge in [0.15, 0.2) is 0 Å². The summed E-state index contributed by atoms with van der Waals surface area (Å²) in [6, 6.07) is 6.90. The highest BCUT2D eigenvalue weighted by Gasteiger charge is 2.33.